The molecular formula is C14H25NO3. The Morgan fingerprint density at radius 1 is 1.11 bits per heavy atom. The van der Waals surface area contributed by atoms with Crippen LogP contribution in [-0.2, 0) is 14.3 Å². The molecule has 1 saturated carbocycles. The predicted octanol–water partition coefficient (Wildman–Crippen LogP) is 2.44. The molecule has 3 aliphatic rings. The summed E-state index contributed by atoms with van der Waals surface area (Å²) in [6.45, 7) is 10.8. The average Bonchev–Trinajstić information content (AvgIpc) is 2.94. The van der Waals surface area contributed by atoms with E-state index in [2.05, 4.69) is 33.2 Å². The average molecular weight is 255 g/mol. The SMILES string of the molecule is CC1(C)CC2(CC(C)(C)C1CC1CO1)OCNO2. The standard InChI is InChI=1S/C14H25NO3/c1-12(2)7-14(17-9-15-18-14)8-13(3,4)11(12)5-10-6-16-10/h10-11,15H,5-9H2,1-4H3. The van der Waals surface area contributed by atoms with Crippen molar-refractivity contribution in [3.63, 3.8) is 0 Å². The molecule has 1 N–H and O–H groups in total. The van der Waals surface area contributed by atoms with Crippen LogP contribution in [0.15, 0.2) is 0 Å². The van der Waals surface area contributed by atoms with E-state index < -0.39 is 5.79 Å². The molecule has 18 heavy (non-hydrogen) atoms. The summed E-state index contributed by atoms with van der Waals surface area (Å²) >= 11 is 0. The molecule has 3 fully saturated rings. The summed E-state index contributed by atoms with van der Waals surface area (Å²) < 4.78 is 11.3. The molecule has 2 saturated heterocycles. The highest BCUT2D eigenvalue weighted by Gasteiger charge is 2.57. The summed E-state index contributed by atoms with van der Waals surface area (Å²) in [7, 11) is 0. The van der Waals surface area contributed by atoms with Gasteiger partial charge in [-0.05, 0) is 23.2 Å². The molecule has 1 spiro atoms. The number of hydrogen-bond donors (Lipinski definition) is 1. The van der Waals surface area contributed by atoms with Gasteiger partial charge in [-0.25, -0.2) is 0 Å². The lowest BCUT2D eigenvalue weighted by molar-refractivity contribution is -0.250. The minimum atomic E-state index is -0.423. The zero-order chi connectivity index (χ0) is 13.0. The van der Waals surface area contributed by atoms with Crippen molar-refractivity contribution in [2.24, 2.45) is 16.7 Å². The third-order valence-electron chi connectivity index (χ3n) is 4.89. The van der Waals surface area contributed by atoms with E-state index in [0.29, 0.717) is 18.8 Å². The molecular weight excluding hydrogens is 230 g/mol. The second-order valence-electron chi connectivity index (χ2n) is 7.52. The zero-order valence-electron chi connectivity index (χ0n) is 11.9. The van der Waals surface area contributed by atoms with Gasteiger partial charge in [-0.3, -0.25) is 4.84 Å². The van der Waals surface area contributed by atoms with E-state index in [-0.39, 0.29) is 10.8 Å². The molecule has 0 amide bonds. The Morgan fingerprint density at radius 2 is 1.72 bits per heavy atom. The molecule has 0 aromatic heterocycles. The predicted molar refractivity (Wildman–Crippen MR) is 67.5 cm³/mol. The zero-order valence-corrected chi connectivity index (χ0v) is 11.9. The summed E-state index contributed by atoms with van der Waals surface area (Å²) in [5.74, 6) is 0.226. The molecule has 104 valence electrons. The molecule has 4 heteroatoms. The second-order valence-corrected chi connectivity index (χ2v) is 7.52. The number of hydrogen-bond acceptors (Lipinski definition) is 4. The van der Waals surface area contributed by atoms with E-state index >= 15 is 0 Å². The smallest absolute Gasteiger partial charge is 0.190 e. The fourth-order valence-corrected chi connectivity index (χ4v) is 4.39. The Balaban J connectivity index is 1.83. The molecule has 4 nitrogen and oxygen atoms in total. The van der Waals surface area contributed by atoms with E-state index in [4.69, 9.17) is 14.3 Å². The number of hydroxylamine groups is 1. The quantitative estimate of drug-likeness (QED) is 0.770. The summed E-state index contributed by atoms with van der Waals surface area (Å²) in [6, 6.07) is 0. The van der Waals surface area contributed by atoms with E-state index in [1.807, 2.05) is 0 Å². The van der Waals surface area contributed by atoms with Gasteiger partial charge in [0.25, 0.3) is 0 Å². The van der Waals surface area contributed by atoms with E-state index in [1.54, 1.807) is 0 Å². The number of rotatable bonds is 2. The van der Waals surface area contributed by atoms with Crippen LogP contribution in [0, 0.1) is 16.7 Å². The summed E-state index contributed by atoms with van der Waals surface area (Å²) in [6.07, 6.45) is 3.57. The lowest BCUT2D eigenvalue weighted by Crippen LogP contribution is -2.53. The summed E-state index contributed by atoms with van der Waals surface area (Å²) in [4.78, 5) is 5.72. The minimum absolute atomic E-state index is 0.208. The third kappa shape index (κ3) is 2.20. The van der Waals surface area contributed by atoms with Gasteiger partial charge in [0.1, 0.15) is 6.73 Å². The van der Waals surface area contributed by atoms with Gasteiger partial charge in [0.15, 0.2) is 5.79 Å². The van der Waals surface area contributed by atoms with Gasteiger partial charge in [0, 0.05) is 12.8 Å². The highest BCUT2D eigenvalue weighted by atomic mass is 16.8. The first-order valence-electron chi connectivity index (χ1n) is 7.00. The maximum atomic E-state index is 5.86. The van der Waals surface area contributed by atoms with Crippen molar-refractivity contribution in [1.82, 2.24) is 5.48 Å². The first-order valence-corrected chi connectivity index (χ1v) is 7.00. The van der Waals surface area contributed by atoms with E-state index in [1.165, 1.54) is 6.42 Å². The third-order valence-corrected chi connectivity index (χ3v) is 4.89. The normalized spacial score (nSPS) is 37.0. The molecule has 1 unspecified atom stereocenters. The summed E-state index contributed by atoms with van der Waals surface area (Å²) in [5.41, 5.74) is 3.30. The molecule has 2 heterocycles. The van der Waals surface area contributed by atoms with Crippen LogP contribution in [0.25, 0.3) is 0 Å². The van der Waals surface area contributed by atoms with Crippen LogP contribution in [0.3, 0.4) is 0 Å². The molecule has 0 radical (unpaired) electrons. The number of nitrogens with one attached hydrogen (secondary N) is 1. The van der Waals surface area contributed by atoms with Gasteiger partial charge in [-0.1, -0.05) is 27.7 Å². The maximum Gasteiger partial charge on any atom is 0.190 e. The molecule has 2 aliphatic heterocycles. The largest absolute Gasteiger partial charge is 0.373 e. The van der Waals surface area contributed by atoms with Crippen molar-refractivity contribution in [2.75, 3.05) is 13.3 Å². The van der Waals surface area contributed by atoms with Gasteiger partial charge in [0.2, 0.25) is 0 Å². The first kappa shape index (κ1) is 12.9. The molecule has 0 bridgehead atoms. The lowest BCUT2D eigenvalue weighted by atomic mass is 9.54. The van der Waals surface area contributed by atoms with Crippen molar-refractivity contribution in [3.8, 4) is 0 Å². The van der Waals surface area contributed by atoms with E-state index in [0.717, 1.165) is 19.4 Å². The Labute approximate surface area is 109 Å². The Hall–Kier alpha value is -0.160. The van der Waals surface area contributed by atoms with Crippen LogP contribution < -0.4 is 5.48 Å². The van der Waals surface area contributed by atoms with Crippen LogP contribution in [0.2, 0.25) is 0 Å². The lowest BCUT2D eigenvalue weighted by Gasteiger charge is -2.54. The van der Waals surface area contributed by atoms with Crippen LogP contribution in [-0.4, -0.2) is 25.2 Å². The Kier molecular flexibility index (Phi) is 2.80. The highest BCUT2D eigenvalue weighted by Crippen LogP contribution is 2.58. The minimum Gasteiger partial charge on any atom is -0.373 e. The van der Waals surface area contributed by atoms with Crippen molar-refractivity contribution < 1.29 is 14.3 Å². The second kappa shape index (κ2) is 3.92. The van der Waals surface area contributed by atoms with Gasteiger partial charge in [-0.2, -0.15) is 5.48 Å². The Morgan fingerprint density at radius 3 is 2.17 bits per heavy atom. The fraction of sp³-hybridized carbons (Fsp3) is 1.00. The topological polar surface area (TPSA) is 43.0 Å². The van der Waals surface area contributed by atoms with Crippen molar-refractivity contribution in [1.29, 1.82) is 0 Å². The van der Waals surface area contributed by atoms with Crippen molar-refractivity contribution in [3.05, 3.63) is 0 Å². The molecule has 0 aromatic carbocycles. The van der Waals surface area contributed by atoms with Gasteiger partial charge in [-0.15, -0.1) is 0 Å². The van der Waals surface area contributed by atoms with Crippen LogP contribution >= 0.6 is 0 Å². The van der Waals surface area contributed by atoms with Gasteiger partial charge in [0.05, 0.1) is 12.7 Å². The van der Waals surface area contributed by atoms with Crippen molar-refractivity contribution in [2.45, 2.75) is 58.8 Å². The van der Waals surface area contributed by atoms with Gasteiger partial charge >= 0.3 is 0 Å². The number of epoxide rings is 1. The van der Waals surface area contributed by atoms with Crippen LogP contribution in [0.1, 0.15) is 47.0 Å². The first-order chi connectivity index (χ1) is 8.33. The highest BCUT2D eigenvalue weighted by molar-refractivity contribution is 5.02. The van der Waals surface area contributed by atoms with Crippen LogP contribution in [0.5, 0.6) is 0 Å². The van der Waals surface area contributed by atoms with Gasteiger partial charge < -0.3 is 9.47 Å². The van der Waals surface area contributed by atoms with E-state index in [9.17, 15) is 0 Å². The molecule has 3 rings (SSSR count). The van der Waals surface area contributed by atoms with Crippen LogP contribution in [0.4, 0.5) is 0 Å². The molecule has 1 atom stereocenters. The number of ether oxygens (including phenoxy) is 2. The van der Waals surface area contributed by atoms with Crippen molar-refractivity contribution >= 4 is 0 Å². The summed E-state index contributed by atoms with van der Waals surface area (Å²) in [5, 5.41) is 0. The fourth-order valence-electron chi connectivity index (χ4n) is 4.39. The Bertz CT molecular complexity index is 310. The molecule has 1 aliphatic carbocycles. The molecule has 0 aromatic rings. The monoisotopic (exact) mass is 255 g/mol. The maximum absolute atomic E-state index is 5.86.